The summed E-state index contributed by atoms with van der Waals surface area (Å²) in [6.45, 7) is 2.07. The number of nitrogens with one attached hydrogen (secondary N) is 1. The highest BCUT2D eigenvalue weighted by molar-refractivity contribution is 7.09. The quantitative estimate of drug-likeness (QED) is 0.912. The lowest BCUT2D eigenvalue weighted by Crippen LogP contribution is -2.30. The Balaban J connectivity index is 1.68. The lowest BCUT2D eigenvalue weighted by Gasteiger charge is -2.16. The highest BCUT2D eigenvalue weighted by atomic mass is 32.1. The van der Waals surface area contributed by atoms with Crippen molar-refractivity contribution in [1.82, 2.24) is 10.3 Å². The van der Waals surface area contributed by atoms with Gasteiger partial charge < -0.3 is 5.32 Å². The Morgan fingerprint density at radius 2 is 2.10 bits per heavy atom. The second-order valence-corrected chi connectivity index (χ2v) is 6.77. The molecule has 0 aliphatic heterocycles. The van der Waals surface area contributed by atoms with Crippen LogP contribution in [-0.4, -0.2) is 18.1 Å². The number of hydrogen-bond donors (Lipinski definition) is 1. The largest absolute Gasteiger partial charge is 0.316 e. The van der Waals surface area contributed by atoms with Crippen LogP contribution >= 0.6 is 11.3 Å². The number of likely N-dealkylation sites (N-methyl/N-ethyl adjacent to an activating group) is 1. The molecule has 0 fully saturated rings. The summed E-state index contributed by atoms with van der Waals surface area (Å²) in [5.41, 5.74) is 5.80. The first-order valence-electron chi connectivity index (χ1n) is 7.43. The van der Waals surface area contributed by atoms with Gasteiger partial charge >= 0.3 is 0 Å². The van der Waals surface area contributed by atoms with Crippen LogP contribution in [0.15, 0.2) is 23.6 Å². The summed E-state index contributed by atoms with van der Waals surface area (Å²) < 4.78 is 0. The summed E-state index contributed by atoms with van der Waals surface area (Å²) in [6.07, 6.45) is 5.95. The molecule has 0 bridgehead atoms. The summed E-state index contributed by atoms with van der Waals surface area (Å²) >= 11 is 1.74. The topological polar surface area (TPSA) is 24.9 Å². The van der Waals surface area contributed by atoms with Crippen molar-refractivity contribution in [2.45, 2.75) is 45.1 Å². The first kappa shape index (κ1) is 13.8. The fraction of sp³-hybridized carbons (Fsp3) is 0.471. The van der Waals surface area contributed by atoms with Gasteiger partial charge in [-0.05, 0) is 56.3 Å². The van der Waals surface area contributed by atoms with Crippen LogP contribution in [0, 0.1) is 6.92 Å². The van der Waals surface area contributed by atoms with E-state index in [-0.39, 0.29) is 0 Å². The fourth-order valence-corrected chi connectivity index (χ4v) is 3.69. The van der Waals surface area contributed by atoms with E-state index in [0.717, 1.165) is 17.8 Å². The molecule has 3 heteroatoms. The second-order valence-electron chi connectivity index (χ2n) is 5.71. The molecule has 2 nitrogen and oxygen atoms in total. The first-order chi connectivity index (χ1) is 9.74. The molecule has 1 N–H and O–H groups in total. The van der Waals surface area contributed by atoms with Gasteiger partial charge in [0, 0.05) is 17.8 Å². The third-order valence-corrected chi connectivity index (χ3v) is 5.00. The molecule has 1 aliphatic carbocycles. The molecule has 0 radical (unpaired) electrons. The lowest BCUT2D eigenvalue weighted by atomic mass is 9.99. The van der Waals surface area contributed by atoms with Gasteiger partial charge in [0.15, 0.2) is 0 Å². The van der Waals surface area contributed by atoms with Crippen LogP contribution in [-0.2, 0) is 25.7 Å². The number of aromatic nitrogens is 1. The van der Waals surface area contributed by atoms with Gasteiger partial charge in [-0.3, -0.25) is 0 Å². The predicted octanol–water partition coefficient (Wildman–Crippen LogP) is 3.31. The van der Waals surface area contributed by atoms with Gasteiger partial charge in [0.05, 0.1) is 10.7 Å². The molecule has 0 saturated carbocycles. The molecule has 0 saturated heterocycles. The highest BCUT2D eigenvalue weighted by Crippen LogP contribution is 2.23. The van der Waals surface area contributed by atoms with E-state index < -0.39 is 0 Å². The Morgan fingerprint density at radius 1 is 1.25 bits per heavy atom. The number of fused-ring (bicyclic) bond motifs is 1. The van der Waals surface area contributed by atoms with Gasteiger partial charge in [0.1, 0.15) is 0 Å². The van der Waals surface area contributed by atoms with E-state index in [0.29, 0.717) is 6.04 Å². The van der Waals surface area contributed by atoms with Crippen LogP contribution in [0.1, 0.15) is 33.8 Å². The molecule has 0 spiro atoms. The minimum atomic E-state index is 0.468. The zero-order chi connectivity index (χ0) is 13.9. The van der Waals surface area contributed by atoms with E-state index in [1.807, 2.05) is 0 Å². The van der Waals surface area contributed by atoms with Gasteiger partial charge in [-0.1, -0.05) is 18.2 Å². The summed E-state index contributed by atoms with van der Waals surface area (Å²) in [5.74, 6) is 0. The van der Waals surface area contributed by atoms with Crippen molar-refractivity contribution in [3.05, 3.63) is 51.0 Å². The summed E-state index contributed by atoms with van der Waals surface area (Å²) in [7, 11) is 2.05. The molecule has 1 aromatic heterocycles. The van der Waals surface area contributed by atoms with Crippen molar-refractivity contribution in [3.8, 4) is 0 Å². The van der Waals surface area contributed by atoms with E-state index in [4.69, 9.17) is 0 Å². The molecule has 106 valence electrons. The van der Waals surface area contributed by atoms with Crippen molar-refractivity contribution >= 4 is 11.3 Å². The van der Waals surface area contributed by atoms with E-state index in [9.17, 15) is 0 Å². The zero-order valence-corrected chi connectivity index (χ0v) is 13.1. The Labute approximate surface area is 125 Å². The number of nitrogens with zero attached hydrogens (tertiary/aromatic N) is 1. The molecule has 20 heavy (non-hydrogen) atoms. The molecular formula is C17H22N2S. The van der Waals surface area contributed by atoms with Gasteiger partial charge in [0.2, 0.25) is 0 Å². The monoisotopic (exact) mass is 286 g/mol. The zero-order valence-electron chi connectivity index (χ0n) is 12.3. The van der Waals surface area contributed by atoms with Crippen LogP contribution < -0.4 is 5.32 Å². The highest BCUT2D eigenvalue weighted by Gasteiger charge is 2.14. The molecule has 0 amide bonds. The molecule has 1 heterocycles. The van der Waals surface area contributed by atoms with Crippen molar-refractivity contribution < 1.29 is 0 Å². The third kappa shape index (κ3) is 3.10. The maximum absolute atomic E-state index is 4.58. The van der Waals surface area contributed by atoms with Gasteiger partial charge in [-0.15, -0.1) is 11.3 Å². The lowest BCUT2D eigenvalue weighted by molar-refractivity contribution is 0.551. The maximum Gasteiger partial charge on any atom is 0.0897 e. The maximum atomic E-state index is 4.58. The smallest absolute Gasteiger partial charge is 0.0897 e. The molecule has 1 atom stereocenters. The van der Waals surface area contributed by atoms with Gasteiger partial charge in [-0.2, -0.15) is 0 Å². The molecular weight excluding hydrogens is 264 g/mol. The van der Waals surface area contributed by atoms with Crippen LogP contribution in [0.4, 0.5) is 0 Å². The second kappa shape index (κ2) is 6.06. The Kier molecular flexibility index (Phi) is 4.18. The predicted molar refractivity (Wildman–Crippen MR) is 85.6 cm³/mol. The molecule has 2 aromatic rings. The average molecular weight is 286 g/mol. The third-order valence-electron chi connectivity index (χ3n) is 4.18. The summed E-state index contributed by atoms with van der Waals surface area (Å²) in [6, 6.07) is 7.52. The van der Waals surface area contributed by atoms with E-state index in [1.165, 1.54) is 30.5 Å². The van der Waals surface area contributed by atoms with E-state index >= 15 is 0 Å². The van der Waals surface area contributed by atoms with Crippen LogP contribution in [0.3, 0.4) is 0 Å². The fourth-order valence-electron chi connectivity index (χ4n) is 3.07. The van der Waals surface area contributed by atoms with Crippen molar-refractivity contribution in [2.75, 3.05) is 7.05 Å². The van der Waals surface area contributed by atoms with Crippen molar-refractivity contribution in [3.63, 3.8) is 0 Å². The normalized spacial score (nSPS) is 15.3. The van der Waals surface area contributed by atoms with Crippen LogP contribution in [0.25, 0.3) is 0 Å². The van der Waals surface area contributed by atoms with Gasteiger partial charge in [-0.25, -0.2) is 4.98 Å². The van der Waals surface area contributed by atoms with Gasteiger partial charge in [0.25, 0.3) is 0 Å². The van der Waals surface area contributed by atoms with Crippen molar-refractivity contribution in [1.29, 1.82) is 0 Å². The number of hydrogen-bond acceptors (Lipinski definition) is 3. The molecule has 3 rings (SSSR count). The van der Waals surface area contributed by atoms with Crippen LogP contribution in [0.5, 0.6) is 0 Å². The Hall–Kier alpha value is -1.19. The summed E-state index contributed by atoms with van der Waals surface area (Å²) in [5, 5.41) is 6.78. The molecule has 1 aromatic carbocycles. The minimum absolute atomic E-state index is 0.468. The molecule has 1 unspecified atom stereocenters. The SMILES string of the molecule is CNC(Cc1ccc2c(c1)CCC2)Cc1csc(C)n1. The standard InChI is InChI=1S/C17H22N2S/c1-12-19-17(11-20-12)10-16(18-2)9-13-6-7-14-4-3-5-15(14)8-13/h6-8,11,16,18H,3-5,9-10H2,1-2H3. The molecule has 1 aliphatic rings. The first-order valence-corrected chi connectivity index (χ1v) is 8.31. The Bertz CT molecular complexity index is 588. The Morgan fingerprint density at radius 3 is 2.85 bits per heavy atom. The average Bonchev–Trinajstić information content (AvgIpc) is 3.06. The number of thiazole rings is 1. The number of benzene rings is 1. The summed E-state index contributed by atoms with van der Waals surface area (Å²) in [4.78, 5) is 4.58. The minimum Gasteiger partial charge on any atom is -0.316 e. The van der Waals surface area contributed by atoms with Crippen LogP contribution in [0.2, 0.25) is 0 Å². The van der Waals surface area contributed by atoms with E-state index in [2.05, 4.69) is 47.9 Å². The van der Waals surface area contributed by atoms with Crippen molar-refractivity contribution in [2.24, 2.45) is 0 Å². The number of rotatable bonds is 5. The van der Waals surface area contributed by atoms with E-state index in [1.54, 1.807) is 22.5 Å². The number of aryl methyl sites for hydroxylation is 3.